The van der Waals surface area contributed by atoms with Crippen molar-refractivity contribution in [2.75, 3.05) is 32.8 Å². The minimum Gasteiger partial charge on any atom is -0.381 e. The molecular weight excluding hydrogens is 218 g/mol. The molecule has 5 nitrogen and oxygen atoms in total. The van der Waals surface area contributed by atoms with Crippen molar-refractivity contribution < 1.29 is 9.53 Å². The highest BCUT2D eigenvalue weighted by Gasteiger charge is 2.29. The molecule has 2 aliphatic heterocycles. The Kier molecular flexibility index (Phi) is 4.76. The van der Waals surface area contributed by atoms with Crippen molar-refractivity contribution in [2.45, 2.75) is 37.8 Å². The number of nitrogens with two attached hydrogens (primary N) is 1. The minimum absolute atomic E-state index is 0.213. The maximum absolute atomic E-state index is 11.2. The second kappa shape index (κ2) is 6.33. The second-order valence-corrected chi connectivity index (χ2v) is 4.96. The quantitative estimate of drug-likeness (QED) is 0.709. The van der Waals surface area contributed by atoms with Crippen LogP contribution < -0.4 is 11.1 Å². The molecule has 1 amide bonds. The summed E-state index contributed by atoms with van der Waals surface area (Å²) in [5.74, 6) is -0.213. The second-order valence-electron chi connectivity index (χ2n) is 4.96. The van der Waals surface area contributed by atoms with Gasteiger partial charge >= 0.3 is 0 Å². The Bertz CT molecular complexity index is 230. The number of hydrogen-bond donors (Lipinski definition) is 2. The van der Waals surface area contributed by atoms with Gasteiger partial charge in [-0.1, -0.05) is 0 Å². The topological polar surface area (TPSA) is 67.6 Å². The first-order valence-electron chi connectivity index (χ1n) is 6.60. The van der Waals surface area contributed by atoms with Crippen LogP contribution in [0.5, 0.6) is 0 Å². The predicted octanol–water partition coefficient (Wildman–Crippen LogP) is -0.295. The zero-order chi connectivity index (χ0) is 12.1. The third-order valence-electron chi connectivity index (χ3n) is 3.78. The first-order chi connectivity index (χ1) is 8.27. The zero-order valence-electron chi connectivity index (χ0n) is 10.4. The fourth-order valence-corrected chi connectivity index (χ4v) is 2.89. The molecule has 2 aliphatic rings. The number of ether oxygens (including phenoxy) is 1. The number of primary amides is 1. The van der Waals surface area contributed by atoms with Gasteiger partial charge in [-0.25, -0.2) is 0 Å². The molecule has 0 unspecified atom stereocenters. The van der Waals surface area contributed by atoms with Crippen molar-refractivity contribution in [3.8, 4) is 0 Å². The lowest BCUT2D eigenvalue weighted by atomic mass is 9.99. The first-order valence-corrected chi connectivity index (χ1v) is 6.60. The summed E-state index contributed by atoms with van der Waals surface area (Å²) < 4.78 is 5.39. The number of piperidine rings is 1. The Morgan fingerprint density at radius 3 is 2.35 bits per heavy atom. The van der Waals surface area contributed by atoms with Crippen molar-refractivity contribution in [3.05, 3.63) is 0 Å². The summed E-state index contributed by atoms with van der Waals surface area (Å²) in [6, 6.07) is 0.978. The third kappa shape index (κ3) is 3.66. The van der Waals surface area contributed by atoms with E-state index in [1.54, 1.807) is 0 Å². The van der Waals surface area contributed by atoms with E-state index in [0.29, 0.717) is 18.6 Å². The van der Waals surface area contributed by atoms with Crippen molar-refractivity contribution in [3.63, 3.8) is 0 Å². The molecule has 17 heavy (non-hydrogen) atoms. The van der Waals surface area contributed by atoms with Gasteiger partial charge in [0.05, 0.1) is 6.54 Å². The van der Waals surface area contributed by atoms with Crippen LogP contribution in [-0.2, 0) is 9.53 Å². The van der Waals surface area contributed by atoms with E-state index in [2.05, 4.69) is 10.2 Å². The standard InChI is InChI=1S/C12H23N3O2/c13-12(16)9-15(10-1-5-14-6-2-10)11-3-7-17-8-4-11/h10-11,14H,1-9H2,(H2,13,16). The van der Waals surface area contributed by atoms with E-state index >= 15 is 0 Å². The molecule has 0 aromatic heterocycles. The van der Waals surface area contributed by atoms with Crippen molar-refractivity contribution in [1.29, 1.82) is 0 Å². The van der Waals surface area contributed by atoms with E-state index < -0.39 is 0 Å². The van der Waals surface area contributed by atoms with E-state index in [4.69, 9.17) is 10.5 Å². The van der Waals surface area contributed by atoms with Gasteiger partial charge in [-0.05, 0) is 38.8 Å². The molecule has 2 fully saturated rings. The number of carbonyl (C=O) groups excluding carboxylic acids is 1. The number of nitrogens with zero attached hydrogens (tertiary/aromatic N) is 1. The van der Waals surface area contributed by atoms with Crippen LogP contribution in [0.15, 0.2) is 0 Å². The van der Waals surface area contributed by atoms with Crippen molar-refractivity contribution in [1.82, 2.24) is 10.2 Å². The van der Waals surface area contributed by atoms with Gasteiger partial charge in [0.25, 0.3) is 0 Å². The molecule has 0 aliphatic carbocycles. The molecule has 0 spiro atoms. The summed E-state index contributed by atoms with van der Waals surface area (Å²) in [4.78, 5) is 13.6. The summed E-state index contributed by atoms with van der Waals surface area (Å²) in [5, 5.41) is 3.36. The summed E-state index contributed by atoms with van der Waals surface area (Å²) in [7, 11) is 0. The molecule has 2 rings (SSSR count). The molecule has 0 bridgehead atoms. The maximum Gasteiger partial charge on any atom is 0.231 e. The Morgan fingerprint density at radius 1 is 1.18 bits per heavy atom. The van der Waals surface area contributed by atoms with Crippen LogP contribution in [0.2, 0.25) is 0 Å². The van der Waals surface area contributed by atoms with Crippen LogP contribution in [0, 0.1) is 0 Å². The zero-order valence-corrected chi connectivity index (χ0v) is 10.4. The Labute approximate surface area is 103 Å². The Balaban J connectivity index is 1.97. The normalized spacial score (nSPS) is 24.1. The lowest BCUT2D eigenvalue weighted by Crippen LogP contribution is -2.52. The van der Waals surface area contributed by atoms with E-state index in [1.807, 2.05) is 0 Å². The highest BCUT2D eigenvalue weighted by Crippen LogP contribution is 2.21. The molecule has 0 saturated carbocycles. The van der Waals surface area contributed by atoms with Crippen molar-refractivity contribution >= 4 is 5.91 Å². The van der Waals surface area contributed by atoms with Gasteiger partial charge < -0.3 is 15.8 Å². The van der Waals surface area contributed by atoms with Gasteiger partial charge in [0.1, 0.15) is 0 Å². The smallest absolute Gasteiger partial charge is 0.231 e. The van der Waals surface area contributed by atoms with E-state index in [1.165, 1.54) is 0 Å². The average Bonchev–Trinajstić information content (AvgIpc) is 2.38. The highest BCUT2D eigenvalue weighted by atomic mass is 16.5. The van der Waals surface area contributed by atoms with E-state index in [-0.39, 0.29) is 5.91 Å². The van der Waals surface area contributed by atoms with Crippen LogP contribution in [0.25, 0.3) is 0 Å². The third-order valence-corrected chi connectivity index (χ3v) is 3.78. The molecule has 98 valence electrons. The van der Waals surface area contributed by atoms with Gasteiger partial charge in [0.15, 0.2) is 0 Å². The molecule has 2 saturated heterocycles. The van der Waals surface area contributed by atoms with Crippen LogP contribution in [-0.4, -0.2) is 55.7 Å². The Hall–Kier alpha value is -0.650. The minimum atomic E-state index is -0.213. The SMILES string of the molecule is NC(=O)CN(C1CCNCC1)C1CCOCC1. The maximum atomic E-state index is 11.2. The average molecular weight is 241 g/mol. The van der Waals surface area contributed by atoms with Crippen LogP contribution in [0.4, 0.5) is 0 Å². The largest absolute Gasteiger partial charge is 0.381 e. The van der Waals surface area contributed by atoms with Crippen LogP contribution in [0.1, 0.15) is 25.7 Å². The molecule has 0 atom stereocenters. The van der Waals surface area contributed by atoms with E-state index in [0.717, 1.165) is 52.0 Å². The van der Waals surface area contributed by atoms with E-state index in [9.17, 15) is 4.79 Å². The van der Waals surface area contributed by atoms with Crippen LogP contribution in [0.3, 0.4) is 0 Å². The fraction of sp³-hybridized carbons (Fsp3) is 0.917. The fourth-order valence-electron chi connectivity index (χ4n) is 2.89. The summed E-state index contributed by atoms with van der Waals surface area (Å²) in [6.07, 6.45) is 4.28. The molecule has 5 heteroatoms. The lowest BCUT2D eigenvalue weighted by molar-refractivity contribution is -0.121. The number of amides is 1. The molecule has 2 heterocycles. The number of rotatable bonds is 4. The number of carbonyl (C=O) groups is 1. The molecule has 0 radical (unpaired) electrons. The van der Waals surface area contributed by atoms with Gasteiger partial charge in [-0.2, -0.15) is 0 Å². The van der Waals surface area contributed by atoms with Crippen molar-refractivity contribution in [2.24, 2.45) is 5.73 Å². The van der Waals surface area contributed by atoms with Gasteiger partial charge in [-0.3, -0.25) is 9.69 Å². The predicted molar refractivity (Wildman–Crippen MR) is 65.6 cm³/mol. The summed E-state index contributed by atoms with van der Waals surface area (Å²) in [5.41, 5.74) is 5.38. The number of nitrogens with one attached hydrogen (secondary N) is 1. The summed E-state index contributed by atoms with van der Waals surface area (Å²) >= 11 is 0. The molecular formula is C12H23N3O2. The monoisotopic (exact) mass is 241 g/mol. The molecule has 0 aromatic rings. The van der Waals surface area contributed by atoms with Gasteiger partial charge in [0, 0.05) is 25.3 Å². The highest BCUT2D eigenvalue weighted by molar-refractivity contribution is 5.76. The first kappa shape index (κ1) is 12.8. The van der Waals surface area contributed by atoms with Gasteiger partial charge in [0.2, 0.25) is 5.91 Å². The molecule has 0 aromatic carbocycles. The molecule has 3 N–H and O–H groups in total. The van der Waals surface area contributed by atoms with Gasteiger partial charge in [-0.15, -0.1) is 0 Å². The Morgan fingerprint density at radius 2 is 1.76 bits per heavy atom. The summed E-state index contributed by atoms with van der Waals surface area (Å²) in [6.45, 7) is 4.11. The lowest BCUT2D eigenvalue weighted by Gasteiger charge is -2.40. The van der Waals surface area contributed by atoms with Crippen LogP contribution >= 0.6 is 0 Å². The number of hydrogen-bond acceptors (Lipinski definition) is 4.